The molecule has 6 heteroatoms. The van der Waals surface area contributed by atoms with Gasteiger partial charge in [-0.1, -0.05) is 29.8 Å². The standard InChI is InChI=1S/C12H15BrN2O3/c1-6(2)10(14)11(16)15-9-4-3-7(13)5-8(9)12(17)18/h3-6,10H,14H2,1-2H3,(H,15,16)(H,17,18). The molecule has 1 unspecified atom stereocenters. The minimum absolute atomic E-state index is 0.0197. The molecule has 5 nitrogen and oxygen atoms in total. The maximum absolute atomic E-state index is 11.8. The summed E-state index contributed by atoms with van der Waals surface area (Å²) in [4.78, 5) is 22.8. The topological polar surface area (TPSA) is 92.4 Å². The Morgan fingerprint density at radius 3 is 2.50 bits per heavy atom. The van der Waals surface area contributed by atoms with Crippen LogP contribution in [0.5, 0.6) is 0 Å². The fourth-order valence-electron chi connectivity index (χ4n) is 1.32. The Balaban J connectivity index is 2.98. The second kappa shape index (κ2) is 5.97. The lowest BCUT2D eigenvalue weighted by atomic mass is 10.0. The molecule has 1 aromatic rings. The van der Waals surface area contributed by atoms with Crippen molar-refractivity contribution in [3.63, 3.8) is 0 Å². The summed E-state index contributed by atoms with van der Waals surface area (Å²) in [5.74, 6) is -1.52. The Morgan fingerprint density at radius 1 is 1.39 bits per heavy atom. The average Bonchev–Trinajstić information content (AvgIpc) is 2.29. The zero-order chi connectivity index (χ0) is 13.9. The Kier molecular flexibility index (Phi) is 4.86. The first-order valence-electron chi connectivity index (χ1n) is 5.42. The number of aromatic carboxylic acids is 1. The molecule has 0 saturated heterocycles. The largest absolute Gasteiger partial charge is 0.478 e. The van der Waals surface area contributed by atoms with Gasteiger partial charge >= 0.3 is 5.97 Å². The van der Waals surface area contributed by atoms with Crippen LogP contribution in [0, 0.1) is 5.92 Å². The fraction of sp³-hybridized carbons (Fsp3) is 0.333. The summed E-state index contributed by atoms with van der Waals surface area (Å²) in [6.45, 7) is 3.65. The van der Waals surface area contributed by atoms with Gasteiger partial charge in [0, 0.05) is 4.47 Å². The van der Waals surface area contributed by atoms with Gasteiger partial charge in [0.1, 0.15) is 0 Å². The number of rotatable bonds is 4. The van der Waals surface area contributed by atoms with E-state index in [-0.39, 0.29) is 17.2 Å². The maximum atomic E-state index is 11.8. The molecule has 0 aromatic heterocycles. The van der Waals surface area contributed by atoms with E-state index in [4.69, 9.17) is 10.8 Å². The molecule has 1 amide bonds. The highest BCUT2D eigenvalue weighted by Crippen LogP contribution is 2.21. The highest BCUT2D eigenvalue weighted by atomic mass is 79.9. The van der Waals surface area contributed by atoms with E-state index < -0.39 is 17.9 Å². The van der Waals surface area contributed by atoms with Crippen LogP contribution >= 0.6 is 15.9 Å². The zero-order valence-corrected chi connectivity index (χ0v) is 11.7. The number of carbonyl (C=O) groups is 2. The molecule has 1 aromatic carbocycles. The SMILES string of the molecule is CC(C)C(N)C(=O)Nc1ccc(Br)cc1C(=O)O. The van der Waals surface area contributed by atoms with Crippen molar-refractivity contribution in [1.82, 2.24) is 0 Å². The van der Waals surface area contributed by atoms with Crippen LogP contribution in [0.2, 0.25) is 0 Å². The fourth-order valence-corrected chi connectivity index (χ4v) is 1.68. The molecule has 98 valence electrons. The smallest absolute Gasteiger partial charge is 0.337 e. The van der Waals surface area contributed by atoms with Gasteiger partial charge in [-0.3, -0.25) is 4.79 Å². The van der Waals surface area contributed by atoms with E-state index in [2.05, 4.69) is 21.2 Å². The van der Waals surface area contributed by atoms with Crippen LogP contribution in [0.1, 0.15) is 24.2 Å². The first-order chi connectivity index (χ1) is 8.32. The summed E-state index contributed by atoms with van der Waals surface area (Å²) in [5.41, 5.74) is 5.96. The van der Waals surface area contributed by atoms with Crippen LogP contribution in [0.25, 0.3) is 0 Å². The summed E-state index contributed by atoms with van der Waals surface area (Å²) < 4.78 is 0.631. The van der Waals surface area contributed by atoms with Crippen LogP contribution < -0.4 is 11.1 Å². The number of halogens is 1. The number of amides is 1. The molecule has 0 aliphatic carbocycles. The molecule has 0 aliphatic heterocycles. The second-order valence-corrected chi connectivity index (χ2v) is 5.17. The van der Waals surface area contributed by atoms with Crippen molar-refractivity contribution >= 4 is 33.5 Å². The number of carboxylic acids is 1. The summed E-state index contributed by atoms with van der Waals surface area (Å²) in [7, 11) is 0. The quantitative estimate of drug-likeness (QED) is 0.793. The molecule has 0 fully saturated rings. The van der Waals surface area contributed by atoms with E-state index in [0.29, 0.717) is 4.47 Å². The van der Waals surface area contributed by atoms with E-state index >= 15 is 0 Å². The summed E-state index contributed by atoms with van der Waals surface area (Å²) in [5, 5.41) is 11.6. The van der Waals surface area contributed by atoms with Crippen LogP contribution in [0.15, 0.2) is 22.7 Å². The van der Waals surface area contributed by atoms with Crippen molar-refractivity contribution in [3.05, 3.63) is 28.2 Å². The lowest BCUT2D eigenvalue weighted by molar-refractivity contribution is -0.118. The molecule has 18 heavy (non-hydrogen) atoms. The Morgan fingerprint density at radius 2 is 2.00 bits per heavy atom. The van der Waals surface area contributed by atoms with Crippen molar-refractivity contribution in [2.75, 3.05) is 5.32 Å². The van der Waals surface area contributed by atoms with E-state index in [0.717, 1.165) is 0 Å². The Labute approximate surface area is 113 Å². The van der Waals surface area contributed by atoms with Crippen molar-refractivity contribution in [1.29, 1.82) is 0 Å². The monoisotopic (exact) mass is 314 g/mol. The van der Waals surface area contributed by atoms with Crippen molar-refractivity contribution < 1.29 is 14.7 Å². The average molecular weight is 315 g/mol. The van der Waals surface area contributed by atoms with E-state index in [9.17, 15) is 9.59 Å². The molecule has 0 heterocycles. The highest BCUT2D eigenvalue weighted by Gasteiger charge is 2.19. The van der Waals surface area contributed by atoms with Gasteiger partial charge in [-0.15, -0.1) is 0 Å². The van der Waals surface area contributed by atoms with Gasteiger partial charge in [-0.05, 0) is 24.1 Å². The lowest BCUT2D eigenvalue weighted by Crippen LogP contribution is -2.40. The Bertz CT molecular complexity index is 474. The van der Waals surface area contributed by atoms with Crippen molar-refractivity contribution in [3.8, 4) is 0 Å². The first kappa shape index (κ1) is 14.7. The molecular weight excluding hydrogens is 300 g/mol. The third kappa shape index (κ3) is 3.54. The number of carboxylic acid groups (broad SMARTS) is 1. The van der Waals surface area contributed by atoms with Gasteiger partial charge in [0.2, 0.25) is 5.91 Å². The Hall–Kier alpha value is -1.40. The predicted octanol–water partition coefficient (Wildman–Crippen LogP) is 2.07. The van der Waals surface area contributed by atoms with Gasteiger partial charge in [-0.2, -0.15) is 0 Å². The predicted molar refractivity (Wildman–Crippen MR) is 72.5 cm³/mol. The number of carbonyl (C=O) groups excluding carboxylic acids is 1. The third-order valence-corrected chi connectivity index (χ3v) is 2.98. The second-order valence-electron chi connectivity index (χ2n) is 4.25. The molecule has 1 rings (SSSR count). The molecule has 1 atom stereocenters. The minimum Gasteiger partial charge on any atom is -0.478 e. The highest BCUT2D eigenvalue weighted by molar-refractivity contribution is 9.10. The first-order valence-corrected chi connectivity index (χ1v) is 6.21. The summed E-state index contributed by atoms with van der Waals surface area (Å²) in [6, 6.07) is 3.94. The van der Waals surface area contributed by atoms with Crippen molar-refractivity contribution in [2.45, 2.75) is 19.9 Å². The number of hydrogen-bond donors (Lipinski definition) is 3. The van der Waals surface area contributed by atoms with Gasteiger partial charge in [0.15, 0.2) is 0 Å². The molecule has 0 aliphatic rings. The normalized spacial score (nSPS) is 12.3. The van der Waals surface area contributed by atoms with E-state index in [1.54, 1.807) is 6.07 Å². The molecule has 0 spiro atoms. The third-order valence-electron chi connectivity index (χ3n) is 2.49. The van der Waals surface area contributed by atoms with Gasteiger partial charge in [0.25, 0.3) is 0 Å². The number of benzene rings is 1. The molecule has 4 N–H and O–H groups in total. The van der Waals surface area contributed by atoms with Crippen LogP contribution in [0.4, 0.5) is 5.69 Å². The molecule has 0 saturated carbocycles. The maximum Gasteiger partial charge on any atom is 0.337 e. The minimum atomic E-state index is -1.11. The zero-order valence-electron chi connectivity index (χ0n) is 10.1. The van der Waals surface area contributed by atoms with Gasteiger partial charge in [0.05, 0.1) is 17.3 Å². The van der Waals surface area contributed by atoms with E-state index in [1.807, 2.05) is 13.8 Å². The van der Waals surface area contributed by atoms with Crippen molar-refractivity contribution in [2.24, 2.45) is 11.7 Å². The van der Waals surface area contributed by atoms with Crippen LogP contribution in [-0.2, 0) is 4.79 Å². The van der Waals surface area contributed by atoms with Gasteiger partial charge < -0.3 is 16.2 Å². The van der Waals surface area contributed by atoms with Crippen LogP contribution in [0.3, 0.4) is 0 Å². The summed E-state index contributed by atoms with van der Waals surface area (Å²) in [6.07, 6.45) is 0. The van der Waals surface area contributed by atoms with Gasteiger partial charge in [-0.25, -0.2) is 4.79 Å². The molecule has 0 bridgehead atoms. The number of anilines is 1. The molecule has 0 radical (unpaired) electrons. The molecular formula is C12H15BrN2O3. The number of nitrogens with one attached hydrogen (secondary N) is 1. The van der Waals surface area contributed by atoms with E-state index in [1.165, 1.54) is 12.1 Å². The number of nitrogens with two attached hydrogens (primary N) is 1. The summed E-state index contributed by atoms with van der Waals surface area (Å²) >= 11 is 3.18. The number of hydrogen-bond acceptors (Lipinski definition) is 3. The lowest BCUT2D eigenvalue weighted by Gasteiger charge is -2.16. The van der Waals surface area contributed by atoms with Crippen LogP contribution in [-0.4, -0.2) is 23.0 Å².